The normalized spacial score (nSPS) is 11.6. The molecule has 0 bridgehead atoms. The number of aryl methyl sites for hydroxylation is 1. The first kappa shape index (κ1) is 15.1. The molecule has 0 radical (unpaired) electrons. The fraction of sp³-hybridized carbons (Fsp3) is 0.250. The van der Waals surface area contributed by atoms with Crippen LogP contribution in [0.25, 0.3) is 5.82 Å². The standard InChI is InChI=1S/C12H15N5O3S/c1-9-7-8-17(14-9)11-6-4-5-10(13-11)12(18)15-21(19,20)16(2)3/h4-8H,1-3H3,(H,15,18). The maximum Gasteiger partial charge on any atom is 0.303 e. The first-order valence-electron chi connectivity index (χ1n) is 6.04. The predicted octanol–water partition coefficient (Wildman–Crippen LogP) is 0.112. The van der Waals surface area contributed by atoms with Crippen LogP contribution in [0.5, 0.6) is 0 Å². The van der Waals surface area contributed by atoms with E-state index in [4.69, 9.17) is 0 Å². The Labute approximate surface area is 122 Å². The van der Waals surface area contributed by atoms with Gasteiger partial charge in [-0.1, -0.05) is 6.07 Å². The average molecular weight is 309 g/mol. The van der Waals surface area contributed by atoms with Gasteiger partial charge >= 0.3 is 10.2 Å². The van der Waals surface area contributed by atoms with Gasteiger partial charge in [0, 0.05) is 20.3 Å². The number of carbonyl (C=O) groups excluding carboxylic acids is 1. The molecule has 0 atom stereocenters. The van der Waals surface area contributed by atoms with Crippen LogP contribution in [0.1, 0.15) is 16.2 Å². The Morgan fingerprint density at radius 2 is 2.00 bits per heavy atom. The minimum atomic E-state index is -3.85. The Balaban J connectivity index is 2.28. The van der Waals surface area contributed by atoms with Gasteiger partial charge in [0.2, 0.25) is 0 Å². The molecular formula is C12H15N5O3S. The lowest BCUT2D eigenvalue weighted by Crippen LogP contribution is -2.39. The number of carbonyl (C=O) groups is 1. The Bertz CT molecular complexity index is 767. The Morgan fingerprint density at radius 3 is 2.57 bits per heavy atom. The van der Waals surface area contributed by atoms with Gasteiger partial charge in [-0.2, -0.15) is 17.8 Å². The fourth-order valence-electron chi connectivity index (χ4n) is 1.48. The Morgan fingerprint density at radius 1 is 1.29 bits per heavy atom. The van der Waals surface area contributed by atoms with Crippen molar-refractivity contribution in [2.24, 2.45) is 0 Å². The molecule has 2 rings (SSSR count). The molecule has 21 heavy (non-hydrogen) atoms. The lowest BCUT2D eigenvalue weighted by atomic mass is 10.3. The number of nitrogens with one attached hydrogen (secondary N) is 1. The van der Waals surface area contributed by atoms with E-state index in [9.17, 15) is 13.2 Å². The van der Waals surface area contributed by atoms with Gasteiger partial charge in [0.05, 0.1) is 5.69 Å². The third kappa shape index (κ3) is 3.44. The summed E-state index contributed by atoms with van der Waals surface area (Å²) >= 11 is 0. The van der Waals surface area contributed by atoms with Crippen molar-refractivity contribution in [2.45, 2.75) is 6.92 Å². The SMILES string of the molecule is Cc1ccn(-c2cccc(C(=O)NS(=O)(=O)N(C)C)n2)n1. The van der Waals surface area contributed by atoms with Crippen molar-refractivity contribution in [1.29, 1.82) is 0 Å². The number of rotatable bonds is 4. The summed E-state index contributed by atoms with van der Waals surface area (Å²) < 4.78 is 27.6. The molecule has 0 aliphatic carbocycles. The van der Waals surface area contributed by atoms with E-state index in [-0.39, 0.29) is 5.69 Å². The second-order valence-corrected chi connectivity index (χ2v) is 6.39. The molecule has 2 aromatic rings. The number of nitrogens with zero attached hydrogens (tertiary/aromatic N) is 4. The topological polar surface area (TPSA) is 97.2 Å². The van der Waals surface area contributed by atoms with Crippen molar-refractivity contribution in [3.8, 4) is 5.82 Å². The van der Waals surface area contributed by atoms with Gasteiger partial charge in [-0.3, -0.25) is 4.79 Å². The molecule has 9 heteroatoms. The van der Waals surface area contributed by atoms with E-state index in [1.165, 1.54) is 24.8 Å². The third-order valence-corrected chi connectivity index (χ3v) is 4.03. The number of hydrogen-bond donors (Lipinski definition) is 1. The molecule has 0 saturated carbocycles. The van der Waals surface area contributed by atoms with Crippen molar-refractivity contribution in [2.75, 3.05) is 14.1 Å². The van der Waals surface area contributed by atoms with Crippen molar-refractivity contribution in [1.82, 2.24) is 23.8 Å². The van der Waals surface area contributed by atoms with Gasteiger partial charge in [0.1, 0.15) is 5.69 Å². The van der Waals surface area contributed by atoms with Crippen LogP contribution in [0.15, 0.2) is 30.5 Å². The predicted molar refractivity (Wildman–Crippen MR) is 76.2 cm³/mol. The van der Waals surface area contributed by atoms with Crippen LogP contribution < -0.4 is 4.72 Å². The van der Waals surface area contributed by atoms with Gasteiger partial charge in [-0.25, -0.2) is 14.4 Å². The van der Waals surface area contributed by atoms with Crippen LogP contribution >= 0.6 is 0 Å². The highest BCUT2D eigenvalue weighted by Gasteiger charge is 2.19. The Hall–Kier alpha value is -2.26. The molecule has 112 valence electrons. The van der Waals surface area contributed by atoms with Crippen LogP contribution in [-0.4, -0.2) is 47.5 Å². The number of aromatic nitrogens is 3. The Kier molecular flexibility index (Phi) is 4.05. The van der Waals surface area contributed by atoms with Crippen molar-refractivity contribution in [3.05, 3.63) is 41.9 Å². The van der Waals surface area contributed by atoms with Gasteiger partial charge in [0.25, 0.3) is 5.91 Å². The van der Waals surface area contributed by atoms with Gasteiger partial charge in [-0.15, -0.1) is 0 Å². The van der Waals surface area contributed by atoms with E-state index >= 15 is 0 Å². The molecule has 2 heterocycles. The van der Waals surface area contributed by atoms with Crippen molar-refractivity contribution >= 4 is 16.1 Å². The number of pyridine rings is 1. The number of hydrogen-bond acceptors (Lipinski definition) is 5. The van der Waals surface area contributed by atoms with E-state index in [1.54, 1.807) is 24.4 Å². The van der Waals surface area contributed by atoms with Crippen LogP contribution in [0, 0.1) is 6.92 Å². The van der Waals surface area contributed by atoms with Crippen LogP contribution in [0.3, 0.4) is 0 Å². The molecule has 1 amide bonds. The lowest BCUT2D eigenvalue weighted by Gasteiger charge is -2.12. The summed E-state index contributed by atoms with van der Waals surface area (Å²) in [6, 6.07) is 6.51. The second kappa shape index (κ2) is 5.62. The maximum atomic E-state index is 11.9. The van der Waals surface area contributed by atoms with Gasteiger partial charge < -0.3 is 0 Å². The van der Waals surface area contributed by atoms with E-state index in [0.717, 1.165) is 10.00 Å². The minimum absolute atomic E-state index is 0.00826. The second-order valence-electron chi connectivity index (χ2n) is 4.50. The zero-order valence-electron chi connectivity index (χ0n) is 11.8. The highest BCUT2D eigenvalue weighted by atomic mass is 32.2. The van der Waals surface area contributed by atoms with Crippen molar-refractivity contribution < 1.29 is 13.2 Å². The minimum Gasteiger partial charge on any atom is -0.266 e. The molecule has 0 saturated heterocycles. The highest BCUT2D eigenvalue weighted by Crippen LogP contribution is 2.06. The maximum absolute atomic E-state index is 11.9. The van der Waals surface area contributed by atoms with Crippen LogP contribution in [0.4, 0.5) is 0 Å². The van der Waals surface area contributed by atoms with E-state index < -0.39 is 16.1 Å². The fourth-order valence-corrected chi connectivity index (χ4v) is 2.00. The largest absolute Gasteiger partial charge is 0.303 e. The molecule has 0 fully saturated rings. The zero-order valence-corrected chi connectivity index (χ0v) is 12.6. The monoisotopic (exact) mass is 309 g/mol. The first-order chi connectivity index (χ1) is 9.79. The van der Waals surface area contributed by atoms with E-state index in [0.29, 0.717) is 5.82 Å². The summed E-state index contributed by atoms with van der Waals surface area (Å²) in [6.45, 7) is 1.83. The van der Waals surface area contributed by atoms with Crippen LogP contribution in [-0.2, 0) is 10.2 Å². The van der Waals surface area contributed by atoms with Crippen LogP contribution in [0.2, 0.25) is 0 Å². The van der Waals surface area contributed by atoms with Crippen molar-refractivity contribution in [3.63, 3.8) is 0 Å². The molecule has 2 aromatic heterocycles. The summed E-state index contributed by atoms with van der Waals surface area (Å²) in [6.07, 6.45) is 1.70. The van der Waals surface area contributed by atoms with E-state index in [1.807, 2.05) is 11.6 Å². The summed E-state index contributed by atoms with van der Waals surface area (Å²) in [5, 5.41) is 4.18. The first-order valence-corrected chi connectivity index (χ1v) is 7.48. The third-order valence-electron chi connectivity index (χ3n) is 2.63. The smallest absolute Gasteiger partial charge is 0.266 e. The van der Waals surface area contributed by atoms with E-state index in [2.05, 4.69) is 10.1 Å². The van der Waals surface area contributed by atoms with Gasteiger partial charge in [0.15, 0.2) is 5.82 Å². The summed E-state index contributed by atoms with van der Waals surface area (Å²) in [4.78, 5) is 16.0. The molecule has 0 aliphatic rings. The highest BCUT2D eigenvalue weighted by molar-refractivity contribution is 7.87. The summed E-state index contributed by atoms with van der Waals surface area (Å²) in [5.74, 6) is -0.368. The molecule has 8 nitrogen and oxygen atoms in total. The molecule has 0 spiro atoms. The molecule has 0 unspecified atom stereocenters. The average Bonchev–Trinajstić information content (AvgIpc) is 2.85. The summed E-state index contributed by atoms with van der Waals surface area (Å²) in [5.41, 5.74) is 0.799. The molecule has 0 aromatic carbocycles. The summed E-state index contributed by atoms with van der Waals surface area (Å²) in [7, 11) is -1.20. The van der Waals surface area contributed by atoms with Gasteiger partial charge in [-0.05, 0) is 25.1 Å². The zero-order chi connectivity index (χ0) is 15.6. The lowest BCUT2D eigenvalue weighted by molar-refractivity contribution is 0.0975. The molecule has 0 aliphatic heterocycles. The quantitative estimate of drug-likeness (QED) is 0.864. The molecular weight excluding hydrogens is 294 g/mol. The molecule has 1 N–H and O–H groups in total. The number of amides is 1.